The van der Waals surface area contributed by atoms with Gasteiger partial charge >= 0.3 is 6.03 Å². The van der Waals surface area contributed by atoms with Crippen molar-refractivity contribution in [2.75, 3.05) is 17.2 Å². The van der Waals surface area contributed by atoms with Crippen LogP contribution in [-0.2, 0) is 11.2 Å². The smallest absolute Gasteiger partial charge is 0.321 e. The summed E-state index contributed by atoms with van der Waals surface area (Å²) in [5, 5.41) is 19.3. The number of para-hydroxylation sites is 1. The van der Waals surface area contributed by atoms with E-state index in [1.807, 2.05) is 56.3 Å². The number of halogens is 1. The van der Waals surface area contributed by atoms with Gasteiger partial charge in [0.05, 0.1) is 33.2 Å². The molecule has 0 aliphatic carbocycles. The summed E-state index contributed by atoms with van der Waals surface area (Å²) in [6.45, 7) is 7.33. The van der Waals surface area contributed by atoms with Gasteiger partial charge in [-0.05, 0) is 43.5 Å². The van der Waals surface area contributed by atoms with Crippen LogP contribution in [-0.4, -0.2) is 34.7 Å². The third-order valence-corrected chi connectivity index (χ3v) is 6.36. The summed E-state index contributed by atoms with van der Waals surface area (Å²) in [7, 11) is 0. The van der Waals surface area contributed by atoms with Gasteiger partial charge in [-0.3, -0.25) is 10.1 Å². The predicted molar refractivity (Wildman–Crippen MR) is 143 cm³/mol. The highest BCUT2D eigenvalue weighted by Gasteiger charge is 2.14. The van der Waals surface area contributed by atoms with Gasteiger partial charge in [0, 0.05) is 5.57 Å². The van der Waals surface area contributed by atoms with E-state index >= 15 is 0 Å². The van der Waals surface area contributed by atoms with E-state index in [9.17, 15) is 14.7 Å². The Morgan fingerprint density at radius 1 is 1.17 bits per heavy atom. The van der Waals surface area contributed by atoms with E-state index < -0.39 is 18.0 Å². The molecule has 0 unspecified atom stereocenters. The number of aromatic nitrogens is 1. The first-order valence-corrected chi connectivity index (χ1v) is 12.1. The first-order valence-electron chi connectivity index (χ1n) is 10.9. The van der Waals surface area contributed by atoms with Crippen molar-refractivity contribution in [1.29, 1.82) is 0 Å². The Hall–Kier alpha value is -3.46. The molecule has 0 spiro atoms. The Balaban J connectivity index is 1.69. The number of hydrogen-bond acceptors (Lipinski definition) is 5. The molecular formula is C26H27ClN4O3S. The quantitative estimate of drug-likeness (QED) is 0.348. The van der Waals surface area contributed by atoms with Crippen molar-refractivity contribution in [3.05, 3.63) is 86.7 Å². The number of aliphatic hydroxyl groups is 1. The summed E-state index contributed by atoms with van der Waals surface area (Å²) >= 11 is 7.41. The van der Waals surface area contributed by atoms with Gasteiger partial charge < -0.3 is 15.7 Å². The van der Waals surface area contributed by atoms with E-state index in [0.717, 1.165) is 11.1 Å². The molecule has 0 aliphatic rings. The van der Waals surface area contributed by atoms with Crippen molar-refractivity contribution in [3.8, 4) is 0 Å². The molecule has 0 bridgehead atoms. The van der Waals surface area contributed by atoms with Crippen LogP contribution in [0.1, 0.15) is 18.1 Å². The van der Waals surface area contributed by atoms with E-state index in [2.05, 4.69) is 27.5 Å². The second-order valence-electron chi connectivity index (χ2n) is 7.78. The molecule has 0 saturated heterocycles. The minimum atomic E-state index is -0.478. The largest absolute Gasteiger partial charge is 0.394 e. The van der Waals surface area contributed by atoms with Gasteiger partial charge in [0.2, 0.25) is 0 Å². The third kappa shape index (κ3) is 7.26. The lowest BCUT2D eigenvalue weighted by Gasteiger charge is -2.16. The monoisotopic (exact) mass is 510 g/mol. The number of carbonyl (C=O) groups is 2. The number of benzene rings is 2. The SMILES string of the molecule is C=C(/C=c1/sc(NC(=O)N[C@H](CO)Cc2ccccc2)n/c1=C/C)C(=O)Nc1c(C)cccc1Cl. The molecule has 35 heavy (non-hydrogen) atoms. The van der Waals surface area contributed by atoms with E-state index in [4.69, 9.17) is 11.6 Å². The lowest BCUT2D eigenvalue weighted by Crippen LogP contribution is -2.41. The van der Waals surface area contributed by atoms with Crippen LogP contribution in [0, 0.1) is 6.92 Å². The minimum absolute atomic E-state index is 0.201. The fraction of sp³-hybridized carbons (Fsp3) is 0.192. The van der Waals surface area contributed by atoms with Crippen LogP contribution >= 0.6 is 22.9 Å². The van der Waals surface area contributed by atoms with Crippen LogP contribution in [0.5, 0.6) is 0 Å². The summed E-state index contributed by atoms with van der Waals surface area (Å²) in [4.78, 5) is 29.6. The van der Waals surface area contributed by atoms with Crippen LogP contribution in [0.4, 0.5) is 15.6 Å². The highest BCUT2D eigenvalue weighted by molar-refractivity contribution is 7.13. The molecule has 3 aromatic rings. The van der Waals surface area contributed by atoms with Crippen LogP contribution < -0.4 is 25.8 Å². The fourth-order valence-electron chi connectivity index (χ4n) is 3.29. The summed E-state index contributed by atoms with van der Waals surface area (Å²) in [6, 6.07) is 14.0. The number of carbonyl (C=O) groups excluding carboxylic acids is 2. The number of amides is 3. The van der Waals surface area contributed by atoms with Gasteiger partial charge in [-0.2, -0.15) is 0 Å². The van der Waals surface area contributed by atoms with Crippen LogP contribution in [0.15, 0.2) is 60.7 Å². The summed E-state index contributed by atoms with van der Waals surface area (Å²) < 4.78 is 0.668. The zero-order valence-corrected chi connectivity index (χ0v) is 21.0. The Morgan fingerprint density at radius 3 is 2.57 bits per heavy atom. The number of rotatable bonds is 8. The Morgan fingerprint density at radius 2 is 1.91 bits per heavy atom. The number of thiazole rings is 1. The highest BCUT2D eigenvalue weighted by atomic mass is 35.5. The normalized spacial score (nSPS) is 12.8. The lowest BCUT2D eigenvalue weighted by atomic mass is 10.1. The predicted octanol–water partition coefficient (Wildman–Crippen LogP) is 3.61. The zero-order chi connectivity index (χ0) is 25.4. The first kappa shape index (κ1) is 26.2. The molecule has 0 aliphatic heterocycles. The van der Waals surface area contributed by atoms with Gasteiger partial charge in [0.15, 0.2) is 5.13 Å². The van der Waals surface area contributed by atoms with Gasteiger partial charge in [0.1, 0.15) is 0 Å². The molecule has 0 saturated carbocycles. The summed E-state index contributed by atoms with van der Waals surface area (Å²) in [5.74, 6) is -0.393. The summed E-state index contributed by atoms with van der Waals surface area (Å²) in [5.41, 5.74) is 2.60. The van der Waals surface area contributed by atoms with Crippen molar-refractivity contribution in [1.82, 2.24) is 10.3 Å². The van der Waals surface area contributed by atoms with Crippen LogP contribution in [0.2, 0.25) is 5.02 Å². The van der Waals surface area contributed by atoms with Gasteiger partial charge in [-0.1, -0.05) is 78.1 Å². The van der Waals surface area contributed by atoms with Crippen LogP contribution in [0.25, 0.3) is 12.2 Å². The molecular weight excluding hydrogens is 484 g/mol. The molecule has 3 amide bonds. The molecule has 9 heteroatoms. The molecule has 1 heterocycles. The molecule has 7 nitrogen and oxygen atoms in total. The van der Waals surface area contributed by atoms with E-state index in [1.54, 1.807) is 18.2 Å². The number of aryl methyl sites for hydroxylation is 1. The maximum Gasteiger partial charge on any atom is 0.321 e. The number of nitrogens with zero attached hydrogens (tertiary/aromatic N) is 1. The molecule has 182 valence electrons. The van der Waals surface area contributed by atoms with Crippen molar-refractivity contribution in [3.63, 3.8) is 0 Å². The molecule has 2 aromatic carbocycles. The average Bonchev–Trinajstić information content (AvgIpc) is 3.22. The summed E-state index contributed by atoms with van der Waals surface area (Å²) in [6.07, 6.45) is 3.89. The minimum Gasteiger partial charge on any atom is -0.394 e. The standard InChI is InChI=1S/C26H27ClN4O3S/c1-4-21-22(13-17(3)24(33)30-23-16(2)9-8-12-20(23)27)35-26(29-21)31-25(34)28-19(15-32)14-18-10-6-5-7-11-18/h4-13,19,32H,3,14-15H2,1-2H3,(H,30,33)(H2,28,29,31,34)/b21-4+,22-13+/t19-/m0/s1. The second kappa shape index (κ2) is 12.3. The highest BCUT2D eigenvalue weighted by Crippen LogP contribution is 2.25. The Bertz CT molecular complexity index is 1320. The molecule has 1 atom stereocenters. The van der Waals surface area contributed by atoms with E-state index in [1.165, 1.54) is 11.3 Å². The Labute approximate surface area is 212 Å². The van der Waals surface area contributed by atoms with Gasteiger partial charge in [-0.25, -0.2) is 9.78 Å². The van der Waals surface area contributed by atoms with E-state index in [0.29, 0.717) is 32.1 Å². The molecule has 4 N–H and O–H groups in total. The number of aliphatic hydroxyl groups excluding tert-OH is 1. The topological polar surface area (TPSA) is 103 Å². The number of hydrogen-bond donors (Lipinski definition) is 4. The number of nitrogens with one attached hydrogen (secondary N) is 3. The Kier molecular flexibility index (Phi) is 9.19. The molecule has 0 radical (unpaired) electrons. The molecule has 1 aromatic heterocycles. The zero-order valence-electron chi connectivity index (χ0n) is 19.5. The van der Waals surface area contributed by atoms with Crippen molar-refractivity contribution < 1.29 is 14.7 Å². The maximum atomic E-state index is 12.7. The number of urea groups is 1. The second-order valence-corrected chi connectivity index (χ2v) is 9.22. The lowest BCUT2D eigenvalue weighted by molar-refractivity contribution is -0.112. The maximum absolute atomic E-state index is 12.7. The molecule has 0 fully saturated rings. The number of anilines is 2. The van der Waals surface area contributed by atoms with Crippen molar-refractivity contribution in [2.24, 2.45) is 0 Å². The van der Waals surface area contributed by atoms with Gasteiger partial charge in [0.25, 0.3) is 5.91 Å². The van der Waals surface area contributed by atoms with Crippen LogP contribution in [0.3, 0.4) is 0 Å². The first-order chi connectivity index (χ1) is 16.8. The average molecular weight is 511 g/mol. The third-order valence-electron chi connectivity index (χ3n) is 5.11. The fourth-order valence-corrected chi connectivity index (χ4v) is 4.53. The van der Waals surface area contributed by atoms with Gasteiger partial charge in [-0.15, -0.1) is 0 Å². The molecule has 3 rings (SSSR count). The van der Waals surface area contributed by atoms with E-state index in [-0.39, 0.29) is 12.2 Å². The van der Waals surface area contributed by atoms with Crippen molar-refractivity contribution in [2.45, 2.75) is 26.3 Å². The van der Waals surface area contributed by atoms with Crippen molar-refractivity contribution >= 4 is 57.8 Å².